The van der Waals surface area contributed by atoms with Gasteiger partial charge in [-0.15, -0.1) is 5.10 Å². The molecular weight excluding hydrogens is 528 g/mol. The summed E-state index contributed by atoms with van der Waals surface area (Å²) < 4.78 is 81.4. The van der Waals surface area contributed by atoms with Crippen LogP contribution in [-0.4, -0.2) is 40.3 Å². The molecule has 38 heavy (non-hydrogen) atoms. The number of nitrogens with one attached hydrogen (secondary N) is 1. The Kier molecular flexibility index (Phi) is 7.19. The van der Waals surface area contributed by atoms with Gasteiger partial charge in [-0.3, -0.25) is 9.48 Å². The van der Waals surface area contributed by atoms with Crippen LogP contribution in [0.15, 0.2) is 54.7 Å². The quantitative estimate of drug-likeness (QED) is 0.338. The first kappa shape index (κ1) is 27.1. The number of benzene rings is 2. The van der Waals surface area contributed by atoms with Gasteiger partial charge in [0.25, 0.3) is 0 Å². The molecule has 2 aromatic carbocycles. The third kappa shape index (κ3) is 5.64. The Bertz CT molecular complexity index is 1580. The average Bonchev–Trinajstić information content (AvgIpc) is 3.44. The molecule has 4 rings (SSSR count). The maximum atomic E-state index is 13.5. The molecule has 0 spiro atoms. The molecule has 1 unspecified atom stereocenters. The van der Waals surface area contributed by atoms with Crippen LogP contribution >= 0.6 is 0 Å². The van der Waals surface area contributed by atoms with Crippen LogP contribution < -0.4 is 9.73 Å². The van der Waals surface area contributed by atoms with Crippen molar-refractivity contribution >= 4 is 26.8 Å². The highest BCUT2D eigenvalue weighted by Gasteiger charge is 2.36. The number of amides is 1. The zero-order chi connectivity index (χ0) is 27.8. The molecular formula is C24H24F4N6O3S. The molecule has 0 aliphatic carbocycles. The molecule has 0 aliphatic heterocycles. The van der Waals surface area contributed by atoms with Crippen LogP contribution in [0.2, 0.25) is 0 Å². The summed E-state index contributed by atoms with van der Waals surface area (Å²) in [5.74, 6) is -1.74. The fourth-order valence-corrected chi connectivity index (χ4v) is 4.79. The van der Waals surface area contributed by atoms with E-state index in [0.717, 1.165) is 29.3 Å². The molecule has 2 aromatic heterocycles. The van der Waals surface area contributed by atoms with Gasteiger partial charge in [0, 0.05) is 12.4 Å². The number of halogens is 4. The zero-order valence-corrected chi connectivity index (χ0v) is 21.4. The van der Waals surface area contributed by atoms with E-state index in [1.165, 1.54) is 12.1 Å². The van der Waals surface area contributed by atoms with E-state index in [1.54, 1.807) is 37.0 Å². The number of nitrogens with zero attached hydrogens (tertiary/aromatic N) is 5. The van der Waals surface area contributed by atoms with Gasteiger partial charge < -0.3 is 5.32 Å². The van der Waals surface area contributed by atoms with Crippen molar-refractivity contribution in [1.29, 1.82) is 0 Å². The molecule has 0 saturated carbocycles. The Morgan fingerprint density at radius 2 is 1.84 bits per heavy atom. The minimum atomic E-state index is -4.87. The lowest BCUT2D eigenvalue weighted by atomic mass is 9.97. The van der Waals surface area contributed by atoms with Crippen molar-refractivity contribution in [1.82, 2.24) is 25.0 Å². The van der Waals surface area contributed by atoms with Gasteiger partial charge in [0.1, 0.15) is 5.82 Å². The lowest BCUT2D eigenvalue weighted by molar-refractivity contribution is -0.141. The summed E-state index contributed by atoms with van der Waals surface area (Å²) in [4.78, 5) is 13.6. The lowest BCUT2D eigenvalue weighted by Crippen LogP contribution is -2.42. The number of rotatable bonds is 8. The van der Waals surface area contributed by atoms with Crippen molar-refractivity contribution in [3.63, 3.8) is 0 Å². The molecule has 0 aliphatic rings. The third-order valence-electron chi connectivity index (χ3n) is 6.01. The summed E-state index contributed by atoms with van der Waals surface area (Å²) in [7, 11) is -2.39. The summed E-state index contributed by atoms with van der Waals surface area (Å²) in [6.45, 7) is 0.788. The number of carbonyl (C=O) groups excluding carboxylic acids is 1. The molecule has 4 aromatic rings. The Morgan fingerprint density at radius 1 is 1.16 bits per heavy atom. The van der Waals surface area contributed by atoms with Crippen molar-refractivity contribution in [2.24, 2.45) is 7.05 Å². The van der Waals surface area contributed by atoms with Crippen LogP contribution in [0, 0.1) is 5.82 Å². The fraction of sp³-hybridized carbons (Fsp3) is 0.292. The van der Waals surface area contributed by atoms with E-state index in [2.05, 4.69) is 15.5 Å². The van der Waals surface area contributed by atoms with Gasteiger partial charge in [-0.25, -0.2) is 12.8 Å². The minimum absolute atomic E-state index is 0.218. The Balaban J connectivity index is 1.64. The van der Waals surface area contributed by atoms with Crippen LogP contribution in [0.3, 0.4) is 0 Å². The van der Waals surface area contributed by atoms with Crippen molar-refractivity contribution in [2.45, 2.75) is 32.1 Å². The van der Waals surface area contributed by atoms with E-state index < -0.39 is 52.6 Å². The van der Waals surface area contributed by atoms with Crippen LogP contribution in [0.5, 0.6) is 0 Å². The van der Waals surface area contributed by atoms with E-state index in [1.807, 2.05) is 6.07 Å². The van der Waals surface area contributed by atoms with Crippen LogP contribution in [0.25, 0.3) is 10.9 Å². The molecule has 0 saturated heterocycles. The van der Waals surface area contributed by atoms with E-state index in [9.17, 15) is 30.8 Å². The molecule has 2 heterocycles. The molecule has 202 valence electrons. The summed E-state index contributed by atoms with van der Waals surface area (Å²) in [5, 5.41) is 11.0. The van der Waals surface area contributed by atoms with Crippen LogP contribution in [-0.2, 0) is 41.1 Å². The first-order valence-electron chi connectivity index (χ1n) is 11.3. The predicted octanol–water partition coefficient (Wildman–Crippen LogP) is 3.45. The number of hydrogen-bond donors (Lipinski definition) is 1. The number of aryl methyl sites for hydroxylation is 1. The maximum absolute atomic E-state index is 13.5. The number of carbonyl (C=O) groups is 1. The molecule has 1 amide bonds. The van der Waals surface area contributed by atoms with Gasteiger partial charge in [0.05, 0.1) is 42.7 Å². The van der Waals surface area contributed by atoms with Crippen molar-refractivity contribution in [3.8, 4) is 0 Å². The zero-order valence-electron chi connectivity index (χ0n) is 20.6. The number of hydrogen-bond acceptors (Lipinski definition) is 5. The number of alkyl halides is 3. The average molecular weight is 553 g/mol. The summed E-state index contributed by atoms with van der Waals surface area (Å²) in [6, 6.07) is 10.9. The van der Waals surface area contributed by atoms with Crippen molar-refractivity contribution in [2.75, 3.05) is 10.7 Å². The number of aromatic nitrogens is 4. The Hall–Kier alpha value is -3.94. The topological polar surface area (TPSA) is 102 Å². The monoisotopic (exact) mass is 552 g/mol. The molecule has 0 bridgehead atoms. The van der Waals surface area contributed by atoms with Crippen molar-refractivity contribution in [3.05, 3.63) is 83.1 Å². The molecule has 0 fully saturated rings. The SMILES string of the molecule is CC(C(=O)NCc1cc(C(F)(F)F)nn1N(Cc1ccc(F)cc1)S(C)(=O)=O)c1cccc2c1cnn2C. The lowest BCUT2D eigenvalue weighted by Gasteiger charge is -2.24. The highest BCUT2D eigenvalue weighted by atomic mass is 32.2. The first-order chi connectivity index (χ1) is 17.8. The van der Waals surface area contributed by atoms with Crippen LogP contribution in [0.4, 0.5) is 17.6 Å². The fourth-order valence-electron chi connectivity index (χ4n) is 3.98. The standard InChI is InChI=1S/C24H24F4N6O3S/c1-15(19-5-4-6-21-20(19)13-30-32(21)2)23(35)29-12-18-11-22(24(26,27)28)31-34(18)33(38(3,36)37)14-16-7-9-17(25)10-8-16/h4-11,13,15H,12,14H2,1-3H3,(H,29,35). The van der Waals surface area contributed by atoms with E-state index in [-0.39, 0.29) is 5.69 Å². The highest BCUT2D eigenvalue weighted by Crippen LogP contribution is 2.30. The van der Waals surface area contributed by atoms with Crippen molar-refractivity contribution < 1.29 is 30.8 Å². The van der Waals surface area contributed by atoms with Gasteiger partial charge in [-0.1, -0.05) is 24.3 Å². The Labute approximate surface area is 215 Å². The van der Waals surface area contributed by atoms with Gasteiger partial charge in [0.15, 0.2) is 5.69 Å². The summed E-state index contributed by atoms with van der Waals surface area (Å²) in [5.41, 5.74) is 0.244. The van der Waals surface area contributed by atoms with Crippen LogP contribution in [0.1, 0.15) is 35.4 Å². The van der Waals surface area contributed by atoms with Gasteiger partial charge in [-0.2, -0.15) is 27.5 Å². The first-order valence-corrected chi connectivity index (χ1v) is 13.2. The normalized spacial score (nSPS) is 13.0. The number of fused-ring (bicyclic) bond motifs is 1. The minimum Gasteiger partial charge on any atom is -0.350 e. The predicted molar refractivity (Wildman–Crippen MR) is 131 cm³/mol. The van der Waals surface area contributed by atoms with Gasteiger partial charge >= 0.3 is 6.18 Å². The molecule has 1 N–H and O–H groups in total. The Morgan fingerprint density at radius 3 is 2.47 bits per heavy atom. The largest absolute Gasteiger partial charge is 0.435 e. The molecule has 0 radical (unpaired) electrons. The third-order valence-corrected chi connectivity index (χ3v) is 7.06. The number of sulfonamides is 1. The second-order valence-electron chi connectivity index (χ2n) is 8.77. The molecule has 14 heteroatoms. The summed E-state index contributed by atoms with van der Waals surface area (Å²) in [6.07, 6.45) is -2.44. The van der Waals surface area contributed by atoms with E-state index in [0.29, 0.717) is 26.4 Å². The van der Waals surface area contributed by atoms with Gasteiger partial charge in [-0.05, 0) is 42.3 Å². The summed E-state index contributed by atoms with van der Waals surface area (Å²) >= 11 is 0. The maximum Gasteiger partial charge on any atom is 0.435 e. The molecule has 9 nitrogen and oxygen atoms in total. The smallest absolute Gasteiger partial charge is 0.350 e. The second kappa shape index (κ2) is 10.1. The second-order valence-corrected chi connectivity index (χ2v) is 10.7. The molecule has 1 atom stereocenters. The van der Waals surface area contributed by atoms with Gasteiger partial charge in [0.2, 0.25) is 15.9 Å². The van der Waals surface area contributed by atoms with E-state index in [4.69, 9.17) is 0 Å². The van der Waals surface area contributed by atoms with E-state index >= 15 is 0 Å². The highest BCUT2D eigenvalue weighted by molar-refractivity contribution is 7.91.